The van der Waals surface area contributed by atoms with Crippen molar-refractivity contribution in [3.8, 4) is 16.9 Å². The molecule has 2 N–H and O–H groups in total. The largest absolute Gasteiger partial charge is 0.506 e. The van der Waals surface area contributed by atoms with Gasteiger partial charge in [0.15, 0.2) is 0 Å². The van der Waals surface area contributed by atoms with Crippen LogP contribution in [0.15, 0.2) is 64.6 Å². The number of phenolic OH excluding ortho intramolecular Hbond substituents is 1. The Morgan fingerprint density at radius 1 is 1.19 bits per heavy atom. The molecule has 1 aliphatic heterocycles. The molecular weight excluding hydrogens is 444 g/mol. The first-order valence-corrected chi connectivity index (χ1v) is 11.4. The number of carbonyl (C=O) groups is 1. The molecule has 1 amide bonds. The Hall–Kier alpha value is -3.09. The number of hydrogen-bond donors (Lipinski definition) is 2. The van der Waals surface area contributed by atoms with Crippen molar-refractivity contribution >= 4 is 45.6 Å². The summed E-state index contributed by atoms with van der Waals surface area (Å²) >= 11 is 7.53. The molecule has 5 rings (SSSR count). The van der Waals surface area contributed by atoms with Crippen LogP contribution in [-0.4, -0.2) is 28.8 Å². The Labute approximate surface area is 194 Å². The van der Waals surface area contributed by atoms with Gasteiger partial charge in [-0.1, -0.05) is 30.7 Å². The van der Waals surface area contributed by atoms with E-state index in [1.54, 1.807) is 36.8 Å². The maximum Gasteiger partial charge on any atom is 0.236 e. The van der Waals surface area contributed by atoms with Crippen molar-refractivity contribution in [3.63, 3.8) is 0 Å². The van der Waals surface area contributed by atoms with E-state index in [0.29, 0.717) is 17.3 Å². The average molecular weight is 465 g/mol. The highest BCUT2D eigenvalue weighted by Crippen LogP contribution is 2.49. The maximum atomic E-state index is 13.5. The predicted molar refractivity (Wildman–Crippen MR) is 128 cm³/mol. The van der Waals surface area contributed by atoms with Crippen molar-refractivity contribution < 1.29 is 14.3 Å². The highest BCUT2D eigenvalue weighted by Gasteiger charge is 2.49. The van der Waals surface area contributed by atoms with Gasteiger partial charge in [0.1, 0.15) is 17.2 Å². The molecule has 0 aliphatic carbocycles. The Morgan fingerprint density at radius 2 is 2.00 bits per heavy atom. The molecule has 2 atom stereocenters. The zero-order valence-corrected chi connectivity index (χ0v) is 19.1. The highest BCUT2D eigenvalue weighted by atomic mass is 35.5. The monoisotopic (exact) mass is 464 g/mol. The molecule has 2 aromatic carbocycles. The molecule has 0 radical (unpaired) electrons. The van der Waals surface area contributed by atoms with Crippen molar-refractivity contribution in [3.05, 3.63) is 75.6 Å². The van der Waals surface area contributed by atoms with Crippen molar-refractivity contribution in [1.82, 2.24) is 4.90 Å². The van der Waals surface area contributed by atoms with E-state index >= 15 is 0 Å². The number of furan rings is 1. The van der Waals surface area contributed by atoms with Crippen LogP contribution in [0.25, 0.3) is 22.1 Å². The lowest BCUT2D eigenvalue weighted by atomic mass is 9.67. The average Bonchev–Trinajstić information content (AvgIpc) is 3.44. The van der Waals surface area contributed by atoms with Crippen molar-refractivity contribution in [1.29, 1.82) is 5.41 Å². The first-order chi connectivity index (χ1) is 15.3. The molecule has 4 aromatic rings. The number of piperidine rings is 1. The Morgan fingerprint density at radius 3 is 2.78 bits per heavy atom. The summed E-state index contributed by atoms with van der Waals surface area (Å²) in [6.07, 6.45) is 2.08. The topological polar surface area (TPSA) is 77.5 Å². The number of rotatable bonds is 3. The number of amidine groups is 1. The van der Waals surface area contributed by atoms with Crippen molar-refractivity contribution in [2.24, 2.45) is 0 Å². The number of likely N-dealkylation sites (tertiary alicyclic amines) is 1. The van der Waals surface area contributed by atoms with Crippen LogP contribution in [0, 0.1) is 5.41 Å². The van der Waals surface area contributed by atoms with E-state index in [1.165, 1.54) is 4.90 Å². The summed E-state index contributed by atoms with van der Waals surface area (Å²) in [6.45, 7) is 2.06. The fraction of sp³-hybridized carbons (Fsp3) is 0.200. The van der Waals surface area contributed by atoms with E-state index in [0.717, 1.165) is 32.5 Å². The third kappa shape index (κ3) is 3.22. The molecule has 32 heavy (non-hydrogen) atoms. The Kier molecular flexibility index (Phi) is 4.87. The summed E-state index contributed by atoms with van der Waals surface area (Å²) in [5, 5.41) is 21.7. The number of likely N-dealkylation sites (N-methyl/N-ethyl adjacent to an activating group) is 1. The molecule has 5 nitrogen and oxygen atoms in total. The van der Waals surface area contributed by atoms with Gasteiger partial charge in [-0.15, -0.1) is 11.3 Å². The minimum atomic E-state index is -0.588. The number of nitrogens with zero attached hydrogens (tertiary/aromatic N) is 1. The van der Waals surface area contributed by atoms with Gasteiger partial charge in [-0.2, -0.15) is 0 Å². The SMILES string of the molecule is CN1C(=N)C[C@](C)(c2cc(-c3ccc(Cl)c(O)c3)cs2)[C@H](c2ccc3occc3c2)C1=O. The van der Waals surface area contributed by atoms with Crippen LogP contribution >= 0.6 is 22.9 Å². The van der Waals surface area contributed by atoms with Gasteiger partial charge in [-0.3, -0.25) is 10.2 Å². The van der Waals surface area contributed by atoms with Crippen LogP contribution < -0.4 is 0 Å². The van der Waals surface area contributed by atoms with E-state index in [2.05, 4.69) is 13.0 Å². The number of fused-ring (bicyclic) bond motifs is 1. The fourth-order valence-corrected chi connectivity index (χ4v) is 5.78. The maximum absolute atomic E-state index is 13.5. The number of thiophene rings is 1. The lowest BCUT2D eigenvalue weighted by molar-refractivity contribution is -0.131. The second-order valence-corrected chi connectivity index (χ2v) is 9.77. The number of amides is 1. The van der Waals surface area contributed by atoms with Crippen LogP contribution in [-0.2, 0) is 10.2 Å². The first-order valence-electron chi connectivity index (χ1n) is 10.2. The molecule has 7 heteroatoms. The van der Waals surface area contributed by atoms with E-state index < -0.39 is 11.3 Å². The third-order valence-corrected chi connectivity index (χ3v) is 7.94. The second-order valence-electron chi connectivity index (χ2n) is 8.45. The Bertz CT molecular complexity index is 1370. The van der Waals surface area contributed by atoms with Gasteiger partial charge >= 0.3 is 0 Å². The van der Waals surface area contributed by atoms with Gasteiger partial charge in [0, 0.05) is 29.1 Å². The molecule has 3 heterocycles. The predicted octanol–water partition coefficient (Wildman–Crippen LogP) is 6.40. The molecule has 1 saturated heterocycles. The zero-order chi connectivity index (χ0) is 22.6. The summed E-state index contributed by atoms with van der Waals surface area (Å²) < 4.78 is 5.47. The van der Waals surface area contributed by atoms with Gasteiger partial charge < -0.3 is 14.4 Å². The highest BCUT2D eigenvalue weighted by molar-refractivity contribution is 7.10. The van der Waals surface area contributed by atoms with E-state index in [9.17, 15) is 9.90 Å². The minimum absolute atomic E-state index is 0.0330. The summed E-state index contributed by atoms with van der Waals surface area (Å²) in [4.78, 5) is 16.0. The van der Waals surface area contributed by atoms with Crippen LogP contribution in [0.4, 0.5) is 0 Å². The lowest BCUT2D eigenvalue weighted by Crippen LogP contribution is -2.51. The standard InChI is InChI=1S/C25H21ClN2O3S/c1-25(21-11-17(13-32-21)14-3-5-18(26)19(29)10-14)12-22(27)28(2)24(30)23(25)16-4-6-20-15(9-16)7-8-31-20/h3-11,13,23,27,29H,12H2,1-2H3/t23-,25-/m1/s1. The zero-order valence-electron chi connectivity index (χ0n) is 17.6. The number of aromatic hydroxyl groups is 1. The van der Waals surface area contributed by atoms with Gasteiger partial charge in [-0.05, 0) is 58.5 Å². The molecular formula is C25H21ClN2O3S. The first kappa shape index (κ1) is 20.8. The van der Waals surface area contributed by atoms with Crippen molar-refractivity contribution in [2.45, 2.75) is 24.7 Å². The summed E-state index contributed by atoms with van der Waals surface area (Å²) in [6, 6.07) is 15.0. The number of carbonyl (C=O) groups excluding carboxylic acids is 1. The normalized spacial score (nSPS) is 21.5. The summed E-state index contributed by atoms with van der Waals surface area (Å²) in [5.41, 5.74) is 2.89. The second kappa shape index (κ2) is 7.50. The van der Waals surface area contributed by atoms with Gasteiger partial charge in [0.05, 0.1) is 17.2 Å². The van der Waals surface area contributed by atoms with Crippen LogP contribution in [0.1, 0.15) is 29.7 Å². The van der Waals surface area contributed by atoms with E-state index in [1.807, 2.05) is 35.7 Å². The smallest absolute Gasteiger partial charge is 0.236 e. The molecule has 162 valence electrons. The number of phenols is 1. The summed E-state index contributed by atoms with van der Waals surface area (Å²) in [7, 11) is 1.67. The number of nitrogens with one attached hydrogen (secondary N) is 1. The molecule has 0 unspecified atom stereocenters. The molecule has 2 aromatic heterocycles. The summed E-state index contributed by atoms with van der Waals surface area (Å²) in [5.74, 6) is -0.195. The van der Waals surface area contributed by atoms with Gasteiger partial charge in [0.25, 0.3) is 0 Å². The molecule has 0 spiro atoms. The van der Waals surface area contributed by atoms with E-state index in [4.69, 9.17) is 21.4 Å². The minimum Gasteiger partial charge on any atom is -0.506 e. The number of hydrogen-bond acceptors (Lipinski definition) is 5. The van der Waals surface area contributed by atoms with Crippen molar-refractivity contribution in [2.75, 3.05) is 7.05 Å². The van der Waals surface area contributed by atoms with E-state index in [-0.39, 0.29) is 11.7 Å². The fourth-order valence-electron chi connectivity index (χ4n) is 4.55. The van der Waals surface area contributed by atoms with Crippen LogP contribution in [0.5, 0.6) is 5.75 Å². The number of benzene rings is 2. The molecule has 1 fully saturated rings. The molecule has 0 bridgehead atoms. The Balaban J connectivity index is 1.62. The lowest BCUT2D eigenvalue weighted by Gasteiger charge is -2.44. The third-order valence-electron chi connectivity index (χ3n) is 6.41. The molecule has 0 saturated carbocycles. The van der Waals surface area contributed by atoms with Gasteiger partial charge in [-0.25, -0.2) is 0 Å². The van der Waals surface area contributed by atoms with Crippen LogP contribution in [0.2, 0.25) is 5.02 Å². The van der Waals surface area contributed by atoms with Crippen LogP contribution in [0.3, 0.4) is 0 Å². The molecule has 1 aliphatic rings. The quantitative estimate of drug-likeness (QED) is 0.368. The van der Waals surface area contributed by atoms with Gasteiger partial charge in [0.2, 0.25) is 5.91 Å². The number of halogens is 1.